The van der Waals surface area contributed by atoms with Crippen LogP contribution in [0.2, 0.25) is 0 Å². The third-order valence-corrected chi connectivity index (χ3v) is 4.33. The zero-order valence-electron chi connectivity index (χ0n) is 13.3. The summed E-state index contributed by atoms with van der Waals surface area (Å²) in [6.07, 6.45) is 6.87. The third-order valence-electron chi connectivity index (χ3n) is 4.33. The second-order valence-corrected chi connectivity index (χ2v) is 6.07. The Morgan fingerprint density at radius 3 is 3.04 bits per heavy atom. The molecule has 3 aromatic rings. The van der Waals surface area contributed by atoms with Gasteiger partial charge in [-0.15, -0.1) is 0 Å². The first kappa shape index (κ1) is 14.7. The lowest BCUT2D eigenvalue weighted by Crippen LogP contribution is -2.30. The minimum Gasteiger partial charge on any atom is -0.468 e. The molecule has 0 radical (unpaired) electrons. The summed E-state index contributed by atoms with van der Waals surface area (Å²) in [4.78, 5) is 26.7. The highest BCUT2D eigenvalue weighted by Gasteiger charge is 2.32. The van der Waals surface area contributed by atoms with Gasteiger partial charge in [-0.25, -0.2) is 15.0 Å². The summed E-state index contributed by atoms with van der Waals surface area (Å²) in [5.74, 6) is 1.56. The van der Waals surface area contributed by atoms with Crippen molar-refractivity contribution in [3.8, 4) is 0 Å². The molecule has 8 nitrogen and oxygen atoms in total. The maximum absolute atomic E-state index is 12.6. The molecule has 3 heterocycles. The van der Waals surface area contributed by atoms with Crippen LogP contribution in [0.4, 0.5) is 5.82 Å². The van der Waals surface area contributed by atoms with Crippen molar-refractivity contribution in [1.82, 2.24) is 24.4 Å². The average molecular weight is 326 g/mol. The van der Waals surface area contributed by atoms with Gasteiger partial charge in [-0.3, -0.25) is 4.79 Å². The first-order valence-corrected chi connectivity index (χ1v) is 7.89. The number of imidazole rings is 1. The molecule has 124 valence electrons. The number of likely N-dealkylation sites (N-methyl/N-ethyl adjacent to an activating group) is 1. The van der Waals surface area contributed by atoms with Gasteiger partial charge in [-0.2, -0.15) is 0 Å². The van der Waals surface area contributed by atoms with Crippen LogP contribution in [0.15, 0.2) is 29.4 Å². The van der Waals surface area contributed by atoms with Crippen LogP contribution in [0.5, 0.6) is 0 Å². The number of amides is 1. The predicted molar refractivity (Wildman–Crippen MR) is 87.4 cm³/mol. The number of aromatic nitrogens is 4. The van der Waals surface area contributed by atoms with Crippen LogP contribution in [0, 0.1) is 0 Å². The predicted octanol–water partition coefficient (Wildman–Crippen LogP) is 1.65. The number of carbonyl (C=O) groups excluding carboxylic acids is 1. The quantitative estimate of drug-likeness (QED) is 0.764. The highest BCUT2D eigenvalue weighted by molar-refractivity contribution is 5.95. The van der Waals surface area contributed by atoms with Gasteiger partial charge in [-0.1, -0.05) is 0 Å². The number of hydrogen-bond acceptors (Lipinski definition) is 6. The number of fused-ring (bicyclic) bond motifs is 1. The maximum Gasteiger partial charge on any atom is 0.257 e. The van der Waals surface area contributed by atoms with E-state index >= 15 is 0 Å². The molecule has 8 heteroatoms. The Labute approximate surface area is 138 Å². The van der Waals surface area contributed by atoms with Crippen LogP contribution < -0.4 is 5.73 Å². The molecular weight excluding hydrogens is 308 g/mol. The lowest BCUT2D eigenvalue weighted by atomic mass is 10.1. The molecule has 24 heavy (non-hydrogen) atoms. The maximum atomic E-state index is 12.6. The summed E-state index contributed by atoms with van der Waals surface area (Å²) in [6, 6.07) is 1.76. The van der Waals surface area contributed by atoms with Crippen LogP contribution >= 0.6 is 0 Å². The molecule has 4 rings (SSSR count). The van der Waals surface area contributed by atoms with Gasteiger partial charge >= 0.3 is 0 Å². The standard InChI is InChI=1S/C16H18N6O2/c1-21(16(23)11-4-7-24-13(11)10-2-3-10)5-6-22-9-20-12-14(17)18-8-19-15(12)22/h4,7-10H,2-3,5-6H2,1H3,(H2,17,18,19). The van der Waals surface area contributed by atoms with E-state index < -0.39 is 0 Å². The van der Waals surface area contributed by atoms with Crippen LogP contribution in [0.1, 0.15) is 34.9 Å². The highest BCUT2D eigenvalue weighted by Crippen LogP contribution is 2.42. The first-order valence-electron chi connectivity index (χ1n) is 7.89. The second kappa shape index (κ2) is 5.63. The number of hydrogen-bond donors (Lipinski definition) is 1. The van der Waals surface area contributed by atoms with Gasteiger partial charge < -0.3 is 19.6 Å². The zero-order valence-corrected chi connectivity index (χ0v) is 13.3. The molecule has 0 spiro atoms. The third kappa shape index (κ3) is 2.49. The Bertz CT molecular complexity index is 895. The van der Waals surface area contributed by atoms with Gasteiger partial charge in [0, 0.05) is 26.1 Å². The van der Waals surface area contributed by atoms with E-state index in [0.717, 1.165) is 18.6 Å². The molecule has 1 fully saturated rings. The van der Waals surface area contributed by atoms with Crippen molar-refractivity contribution in [3.05, 3.63) is 36.3 Å². The fourth-order valence-electron chi connectivity index (χ4n) is 2.79. The smallest absolute Gasteiger partial charge is 0.257 e. The van der Waals surface area contributed by atoms with Crippen molar-refractivity contribution in [2.75, 3.05) is 19.3 Å². The highest BCUT2D eigenvalue weighted by atomic mass is 16.3. The minimum atomic E-state index is -0.0239. The zero-order chi connectivity index (χ0) is 16.7. The molecule has 0 aromatic carbocycles. The van der Waals surface area contributed by atoms with Crippen molar-refractivity contribution in [3.63, 3.8) is 0 Å². The molecule has 1 saturated carbocycles. The van der Waals surface area contributed by atoms with Crippen LogP contribution in [-0.2, 0) is 6.54 Å². The molecule has 3 aromatic heterocycles. The van der Waals surface area contributed by atoms with Crippen LogP contribution in [0.3, 0.4) is 0 Å². The van der Waals surface area contributed by atoms with E-state index in [1.165, 1.54) is 6.33 Å². The Morgan fingerprint density at radius 1 is 1.42 bits per heavy atom. The first-order chi connectivity index (χ1) is 11.6. The summed E-state index contributed by atoms with van der Waals surface area (Å²) in [5, 5.41) is 0. The topological polar surface area (TPSA) is 103 Å². The average Bonchev–Trinajstić information content (AvgIpc) is 3.16. The molecule has 0 bridgehead atoms. The van der Waals surface area contributed by atoms with Crippen molar-refractivity contribution in [1.29, 1.82) is 0 Å². The van der Waals surface area contributed by atoms with Gasteiger partial charge in [-0.05, 0) is 18.9 Å². The van der Waals surface area contributed by atoms with E-state index in [-0.39, 0.29) is 5.91 Å². The Morgan fingerprint density at radius 2 is 2.25 bits per heavy atom. The van der Waals surface area contributed by atoms with E-state index in [1.54, 1.807) is 30.6 Å². The van der Waals surface area contributed by atoms with E-state index in [4.69, 9.17) is 10.2 Å². The fraction of sp³-hybridized carbons (Fsp3) is 0.375. The van der Waals surface area contributed by atoms with Crippen molar-refractivity contribution in [2.45, 2.75) is 25.3 Å². The molecule has 1 aliphatic carbocycles. The summed E-state index contributed by atoms with van der Waals surface area (Å²) < 4.78 is 7.36. The number of nitrogens with two attached hydrogens (primary N) is 1. The van der Waals surface area contributed by atoms with E-state index in [2.05, 4.69) is 15.0 Å². The number of carbonyl (C=O) groups is 1. The largest absolute Gasteiger partial charge is 0.468 e. The van der Waals surface area contributed by atoms with Gasteiger partial charge in [0.15, 0.2) is 11.5 Å². The molecule has 0 atom stereocenters. The summed E-state index contributed by atoms with van der Waals surface area (Å²) >= 11 is 0. The van der Waals surface area contributed by atoms with Crippen molar-refractivity contribution in [2.24, 2.45) is 0 Å². The van der Waals surface area contributed by atoms with Gasteiger partial charge in [0.2, 0.25) is 0 Å². The molecule has 0 saturated heterocycles. The second-order valence-electron chi connectivity index (χ2n) is 6.07. The van der Waals surface area contributed by atoms with Gasteiger partial charge in [0.1, 0.15) is 17.6 Å². The number of rotatable bonds is 5. The molecule has 0 unspecified atom stereocenters. The number of furan rings is 1. The summed E-state index contributed by atoms with van der Waals surface area (Å²) in [6.45, 7) is 1.11. The van der Waals surface area contributed by atoms with E-state index in [9.17, 15) is 4.79 Å². The molecule has 1 amide bonds. The van der Waals surface area contributed by atoms with E-state index in [0.29, 0.717) is 41.6 Å². The van der Waals surface area contributed by atoms with Crippen LogP contribution in [-0.4, -0.2) is 43.9 Å². The molecule has 1 aliphatic rings. The van der Waals surface area contributed by atoms with Gasteiger partial charge in [0.25, 0.3) is 5.91 Å². The molecular formula is C16H18N6O2. The summed E-state index contributed by atoms with van der Waals surface area (Å²) in [7, 11) is 1.79. The van der Waals surface area contributed by atoms with Crippen molar-refractivity contribution < 1.29 is 9.21 Å². The lowest BCUT2D eigenvalue weighted by Gasteiger charge is -2.17. The fourth-order valence-corrected chi connectivity index (χ4v) is 2.79. The SMILES string of the molecule is CN(CCn1cnc2c(N)ncnc21)C(=O)c1ccoc1C1CC1. The summed E-state index contributed by atoms with van der Waals surface area (Å²) in [5.41, 5.74) is 7.71. The van der Waals surface area contributed by atoms with Crippen LogP contribution in [0.25, 0.3) is 11.2 Å². The lowest BCUT2D eigenvalue weighted by molar-refractivity contribution is 0.0788. The minimum absolute atomic E-state index is 0.0239. The van der Waals surface area contributed by atoms with Crippen molar-refractivity contribution >= 4 is 22.9 Å². The molecule has 2 N–H and O–H groups in total. The Kier molecular flexibility index (Phi) is 3.44. The number of nitrogen functional groups attached to an aromatic ring is 1. The molecule has 0 aliphatic heterocycles. The Hall–Kier alpha value is -2.90. The van der Waals surface area contributed by atoms with E-state index in [1.807, 2.05) is 4.57 Å². The number of nitrogens with zero attached hydrogens (tertiary/aromatic N) is 5. The number of anilines is 1. The normalized spacial score (nSPS) is 14.2. The Balaban J connectivity index is 1.47. The van der Waals surface area contributed by atoms with Gasteiger partial charge in [0.05, 0.1) is 18.2 Å². The monoisotopic (exact) mass is 326 g/mol.